The molecule has 2 nitrogen and oxygen atoms in total. The maximum atomic E-state index is 8.92. The van der Waals surface area contributed by atoms with Crippen LogP contribution >= 0.6 is 0 Å². The van der Waals surface area contributed by atoms with Crippen LogP contribution in [0.25, 0.3) is 27.8 Å². The van der Waals surface area contributed by atoms with E-state index in [1.54, 1.807) is 12.3 Å². The van der Waals surface area contributed by atoms with E-state index < -0.39 is 0 Å². The third-order valence-electron chi connectivity index (χ3n) is 3.67. The van der Waals surface area contributed by atoms with Crippen molar-refractivity contribution in [1.82, 2.24) is 0 Å². The Morgan fingerprint density at radius 1 is 1.11 bits per heavy atom. The Bertz CT molecular complexity index is 779. The number of hydrogen-bond acceptors (Lipinski definition) is 2. The van der Waals surface area contributed by atoms with Gasteiger partial charge in [-0.25, -0.2) is 0 Å². The maximum Gasteiger partial charge on any atom is 0.138 e. The molecule has 0 radical (unpaired) electrons. The van der Waals surface area contributed by atoms with Gasteiger partial charge in [-0.15, -0.1) is 0 Å². The second-order valence-electron chi connectivity index (χ2n) is 4.78. The van der Waals surface area contributed by atoms with Crippen molar-refractivity contribution in [3.8, 4) is 0 Å². The number of rotatable bonds is 2. The van der Waals surface area contributed by atoms with Gasteiger partial charge in [0.1, 0.15) is 5.58 Å². The van der Waals surface area contributed by atoms with Crippen molar-refractivity contribution in [2.75, 3.05) is 6.61 Å². The summed E-state index contributed by atoms with van der Waals surface area (Å²) >= 11 is 0. The van der Waals surface area contributed by atoms with Crippen molar-refractivity contribution in [3.05, 3.63) is 53.3 Å². The number of benzene rings is 2. The summed E-state index contributed by atoms with van der Waals surface area (Å²) in [5, 5.41) is 12.5. The van der Waals surface area contributed by atoms with Crippen LogP contribution in [-0.4, -0.2) is 11.7 Å². The van der Waals surface area contributed by atoms with Crippen molar-refractivity contribution in [2.24, 2.45) is 0 Å². The van der Waals surface area contributed by atoms with Gasteiger partial charge in [0.15, 0.2) is 0 Å². The molecule has 2 aromatic carbocycles. The summed E-state index contributed by atoms with van der Waals surface area (Å²) in [5.41, 5.74) is 4.35. The van der Waals surface area contributed by atoms with Gasteiger partial charge in [-0.2, -0.15) is 0 Å². The summed E-state index contributed by atoms with van der Waals surface area (Å²) in [7, 11) is 0. The number of furan rings is 1. The monoisotopic (exact) mass is 252 g/mol. The van der Waals surface area contributed by atoms with Gasteiger partial charge in [0, 0.05) is 16.5 Å². The number of aliphatic hydroxyl groups is 1. The van der Waals surface area contributed by atoms with Gasteiger partial charge < -0.3 is 9.52 Å². The molecular weight excluding hydrogens is 236 g/mol. The molecule has 0 saturated heterocycles. The molecule has 0 atom stereocenters. The highest BCUT2D eigenvalue weighted by Gasteiger charge is 2.13. The second-order valence-corrected chi connectivity index (χ2v) is 4.78. The van der Waals surface area contributed by atoms with Gasteiger partial charge in [-0.3, -0.25) is 0 Å². The Balaban J connectivity index is 2.45. The van der Waals surface area contributed by atoms with E-state index in [2.05, 4.69) is 38.1 Å². The van der Waals surface area contributed by atoms with Crippen molar-refractivity contribution < 1.29 is 9.52 Å². The van der Waals surface area contributed by atoms with Gasteiger partial charge in [0.2, 0.25) is 0 Å². The molecule has 0 bridgehead atoms. The average molecular weight is 252 g/mol. The van der Waals surface area contributed by atoms with Crippen LogP contribution in [0.3, 0.4) is 0 Å². The third kappa shape index (κ3) is 1.76. The van der Waals surface area contributed by atoms with E-state index in [4.69, 9.17) is 9.52 Å². The van der Waals surface area contributed by atoms with Crippen LogP contribution in [-0.2, 0) is 0 Å². The SMILES string of the molecule is Cc1c2ccccc2c(C)c2c(/C=C\CO)coc12. The predicted octanol–water partition coefficient (Wildman–Crippen LogP) is 4.21. The van der Waals surface area contributed by atoms with E-state index >= 15 is 0 Å². The molecule has 0 unspecified atom stereocenters. The fraction of sp³-hybridized carbons (Fsp3) is 0.176. The minimum absolute atomic E-state index is 0.0400. The summed E-state index contributed by atoms with van der Waals surface area (Å²) in [6.45, 7) is 4.25. The zero-order chi connectivity index (χ0) is 13.4. The van der Waals surface area contributed by atoms with E-state index in [0.29, 0.717) is 0 Å². The molecular formula is C17H16O2. The Morgan fingerprint density at radius 2 is 1.79 bits per heavy atom. The molecule has 3 aromatic rings. The predicted molar refractivity (Wildman–Crippen MR) is 79.3 cm³/mol. The normalized spacial score (nSPS) is 11.9. The van der Waals surface area contributed by atoms with Gasteiger partial charge in [0.25, 0.3) is 0 Å². The molecule has 0 aliphatic rings. The topological polar surface area (TPSA) is 33.4 Å². The van der Waals surface area contributed by atoms with Crippen molar-refractivity contribution in [2.45, 2.75) is 13.8 Å². The summed E-state index contributed by atoms with van der Waals surface area (Å²) < 4.78 is 5.73. The average Bonchev–Trinajstić information content (AvgIpc) is 2.87. The highest BCUT2D eigenvalue weighted by Crippen LogP contribution is 2.35. The largest absolute Gasteiger partial charge is 0.463 e. The summed E-state index contributed by atoms with van der Waals surface area (Å²) in [6.07, 6.45) is 5.40. The molecule has 1 N–H and O–H groups in total. The van der Waals surface area contributed by atoms with Gasteiger partial charge in [-0.05, 0) is 30.2 Å². The smallest absolute Gasteiger partial charge is 0.138 e. The second kappa shape index (κ2) is 4.56. The van der Waals surface area contributed by atoms with E-state index in [9.17, 15) is 0 Å². The lowest BCUT2D eigenvalue weighted by atomic mass is 9.95. The van der Waals surface area contributed by atoms with Crippen molar-refractivity contribution >= 4 is 27.8 Å². The van der Waals surface area contributed by atoms with Crippen molar-refractivity contribution in [1.29, 1.82) is 0 Å². The lowest BCUT2D eigenvalue weighted by molar-refractivity contribution is 0.343. The van der Waals surface area contributed by atoms with Crippen LogP contribution in [0.2, 0.25) is 0 Å². The molecule has 0 saturated carbocycles. The number of hydrogen-bond donors (Lipinski definition) is 1. The molecule has 0 aliphatic carbocycles. The first kappa shape index (κ1) is 12.0. The highest BCUT2D eigenvalue weighted by atomic mass is 16.3. The van der Waals surface area contributed by atoms with Crippen LogP contribution in [0, 0.1) is 13.8 Å². The number of fused-ring (bicyclic) bond motifs is 2. The molecule has 2 heteroatoms. The maximum absolute atomic E-state index is 8.92. The molecule has 0 fully saturated rings. The van der Waals surface area contributed by atoms with Crippen LogP contribution in [0.4, 0.5) is 0 Å². The van der Waals surface area contributed by atoms with Gasteiger partial charge in [-0.1, -0.05) is 36.4 Å². The van der Waals surface area contributed by atoms with E-state index in [1.807, 2.05) is 6.08 Å². The number of aliphatic hydroxyl groups excluding tert-OH is 1. The lowest BCUT2D eigenvalue weighted by Gasteiger charge is -2.08. The number of aryl methyl sites for hydroxylation is 2. The quantitative estimate of drug-likeness (QED) is 0.741. The molecule has 19 heavy (non-hydrogen) atoms. The molecule has 1 heterocycles. The van der Waals surface area contributed by atoms with E-state index in [-0.39, 0.29) is 6.61 Å². The first-order valence-corrected chi connectivity index (χ1v) is 6.40. The first-order valence-electron chi connectivity index (χ1n) is 6.40. The highest BCUT2D eigenvalue weighted by molar-refractivity contribution is 6.06. The van der Waals surface area contributed by atoms with Gasteiger partial charge in [0.05, 0.1) is 12.9 Å². The van der Waals surface area contributed by atoms with Crippen molar-refractivity contribution in [3.63, 3.8) is 0 Å². The van der Waals surface area contributed by atoms with Crippen LogP contribution < -0.4 is 0 Å². The van der Waals surface area contributed by atoms with Gasteiger partial charge >= 0.3 is 0 Å². The fourth-order valence-corrected chi connectivity index (χ4v) is 2.73. The Kier molecular flexibility index (Phi) is 2.88. The fourth-order valence-electron chi connectivity index (χ4n) is 2.73. The zero-order valence-corrected chi connectivity index (χ0v) is 11.1. The lowest BCUT2D eigenvalue weighted by Crippen LogP contribution is -1.86. The molecule has 0 aliphatic heterocycles. The van der Waals surface area contributed by atoms with Crippen LogP contribution in [0.5, 0.6) is 0 Å². The molecule has 0 spiro atoms. The third-order valence-corrected chi connectivity index (χ3v) is 3.67. The summed E-state index contributed by atoms with van der Waals surface area (Å²) in [5.74, 6) is 0. The molecule has 96 valence electrons. The van der Waals surface area contributed by atoms with Crippen LogP contribution in [0.1, 0.15) is 16.7 Å². The minimum Gasteiger partial charge on any atom is -0.463 e. The van der Waals surface area contributed by atoms with Crippen LogP contribution in [0.15, 0.2) is 41.0 Å². The Morgan fingerprint density at radius 3 is 2.47 bits per heavy atom. The first-order chi connectivity index (χ1) is 9.24. The summed E-state index contributed by atoms with van der Waals surface area (Å²) in [6, 6.07) is 8.38. The molecule has 0 amide bonds. The zero-order valence-electron chi connectivity index (χ0n) is 11.1. The van der Waals surface area contributed by atoms with E-state index in [0.717, 1.165) is 16.5 Å². The summed E-state index contributed by atoms with van der Waals surface area (Å²) in [4.78, 5) is 0. The minimum atomic E-state index is 0.0400. The Hall–Kier alpha value is -2.06. The van der Waals surface area contributed by atoms with E-state index in [1.165, 1.54) is 21.9 Å². The molecule has 1 aromatic heterocycles. The molecule has 3 rings (SSSR count). The standard InChI is InChI=1S/C17H16O2/c1-11-14-7-3-4-8-15(14)12(2)17-16(11)13(10-19-17)6-5-9-18/h3-8,10,18H,9H2,1-2H3/b6-5-. The Labute approximate surface area is 112 Å².